The molecule has 0 bridgehead atoms. The Bertz CT molecular complexity index is 646. The van der Waals surface area contributed by atoms with E-state index in [1.165, 1.54) is 19.3 Å². The molecule has 2 aromatic heterocycles. The highest BCUT2D eigenvalue weighted by Gasteiger charge is 2.33. The number of halogens is 1. The van der Waals surface area contributed by atoms with Crippen LogP contribution in [0, 0.1) is 6.92 Å². The predicted molar refractivity (Wildman–Crippen MR) is 90.4 cm³/mol. The van der Waals surface area contributed by atoms with Gasteiger partial charge in [0.05, 0.1) is 11.1 Å². The van der Waals surface area contributed by atoms with E-state index in [2.05, 4.69) is 27.5 Å². The van der Waals surface area contributed by atoms with Crippen molar-refractivity contribution >= 4 is 34.5 Å². The van der Waals surface area contributed by atoms with Gasteiger partial charge in [0.2, 0.25) is 0 Å². The number of thioether (sulfide) groups is 1. The van der Waals surface area contributed by atoms with Crippen molar-refractivity contribution in [1.82, 2.24) is 19.3 Å². The summed E-state index contributed by atoms with van der Waals surface area (Å²) in [6, 6.07) is 0.489. The molecule has 6 heteroatoms. The molecule has 0 N–H and O–H groups in total. The van der Waals surface area contributed by atoms with Crippen molar-refractivity contribution in [2.75, 3.05) is 6.26 Å². The molecule has 0 amide bonds. The third-order valence-corrected chi connectivity index (χ3v) is 5.83. The molecular weight excluding hydrogens is 304 g/mol. The zero-order valence-electron chi connectivity index (χ0n) is 13.1. The minimum Gasteiger partial charge on any atom is -0.307 e. The van der Waals surface area contributed by atoms with Crippen LogP contribution in [0.4, 0.5) is 0 Å². The van der Waals surface area contributed by atoms with Crippen molar-refractivity contribution < 1.29 is 0 Å². The van der Waals surface area contributed by atoms with Gasteiger partial charge in [0.25, 0.3) is 0 Å². The minimum absolute atomic E-state index is 0.0785. The van der Waals surface area contributed by atoms with Gasteiger partial charge in [0.1, 0.15) is 11.3 Å². The molecule has 1 fully saturated rings. The van der Waals surface area contributed by atoms with E-state index in [1.54, 1.807) is 0 Å². The third kappa shape index (κ3) is 2.38. The van der Waals surface area contributed by atoms with Crippen LogP contribution in [-0.2, 0) is 6.54 Å². The van der Waals surface area contributed by atoms with Crippen molar-refractivity contribution in [2.45, 2.75) is 63.2 Å². The number of imidazole rings is 1. The van der Waals surface area contributed by atoms with E-state index in [1.807, 2.05) is 25.6 Å². The first-order valence-electron chi connectivity index (χ1n) is 7.70. The number of aromatic nitrogens is 4. The Morgan fingerprint density at radius 1 is 1.43 bits per heavy atom. The molecule has 2 heterocycles. The first-order chi connectivity index (χ1) is 10.1. The van der Waals surface area contributed by atoms with E-state index < -0.39 is 0 Å². The largest absolute Gasteiger partial charge is 0.307 e. The summed E-state index contributed by atoms with van der Waals surface area (Å²) in [5.74, 6) is 1.00. The maximum atomic E-state index is 6.43. The van der Waals surface area contributed by atoms with E-state index in [9.17, 15) is 0 Å². The lowest BCUT2D eigenvalue weighted by Gasteiger charge is -2.23. The average molecular weight is 327 g/mol. The monoisotopic (exact) mass is 326 g/mol. The van der Waals surface area contributed by atoms with Gasteiger partial charge in [0, 0.05) is 17.8 Å². The lowest BCUT2D eigenvalue weighted by Crippen LogP contribution is -2.20. The van der Waals surface area contributed by atoms with E-state index in [0.29, 0.717) is 11.3 Å². The minimum atomic E-state index is -0.0785. The first kappa shape index (κ1) is 15.2. The molecule has 1 aliphatic rings. The number of aryl methyl sites for hydroxylation is 2. The molecule has 1 saturated carbocycles. The van der Waals surface area contributed by atoms with Gasteiger partial charge in [-0.2, -0.15) is 16.9 Å². The summed E-state index contributed by atoms with van der Waals surface area (Å²) < 4.78 is 4.47. The number of fused-ring (bicyclic) bond motifs is 1. The highest BCUT2D eigenvalue weighted by Crippen LogP contribution is 2.41. The Morgan fingerprint density at radius 2 is 2.19 bits per heavy atom. The molecule has 4 nitrogen and oxygen atoms in total. The molecule has 0 saturated heterocycles. The summed E-state index contributed by atoms with van der Waals surface area (Å²) in [5.41, 5.74) is 3.18. The van der Waals surface area contributed by atoms with Crippen molar-refractivity contribution in [3.8, 4) is 0 Å². The molecule has 3 unspecified atom stereocenters. The summed E-state index contributed by atoms with van der Waals surface area (Å²) in [5, 5.41) is 5.21. The Kier molecular flexibility index (Phi) is 4.23. The van der Waals surface area contributed by atoms with Crippen LogP contribution in [0.2, 0.25) is 0 Å². The van der Waals surface area contributed by atoms with Crippen LogP contribution in [0.15, 0.2) is 0 Å². The van der Waals surface area contributed by atoms with Crippen LogP contribution in [-0.4, -0.2) is 30.8 Å². The van der Waals surface area contributed by atoms with Crippen molar-refractivity contribution in [1.29, 1.82) is 0 Å². The summed E-state index contributed by atoms with van der Waals surface area (Å²) >= 11 is 8.40. The maximum absolute atomic E-state index is 6.43. The molecule has 0 spiro atoms. The fourth-order valence-corrected chi connectivity index (χ4v) is 4.64. The van der Waals surface area contributed by atoms with Crippen LogP contribution >= 0.6 is 23.4 Å². The second-order valence-electron chi connectivity index (χ2n) is 5.80. The van der Waals surface area contributed by atoms with Gasteiger partial charge in [-0.15, -0.1) is 11.6 Å². The topological polar surface area (TPSA) is 35.6 Å². The van der Waals surface area contributed by atoms with Crippen molar-refractivity contribution in [2.24, 2.45) is 0 Å². The zero-order chi connectivity index (χ0) is 15.1. The van der Waals surface area contributed by atoms with Gasteiger partial charge >= 0.3 is 0 Å². The Labute approximate surface area is 135 Å². The third-order valence-electron chi connectivity index (χ3n) is 4.48. The van der Waals surface area contributed by atoms with Gasteiger partial charge in [0.15, 0.2) is 5.65 Å². The molecule has 21 heavy (non-hydrogen) atoms. The first-order valence-corrected chi connectivity index (χ1v) is 9.43. The smallest absolute Gasteiger partial charge is 0.159 e. The van der Waals surface area contributed by atoms with Crippen LogP contribution < -0.4 is 0 Å². The summed E-state index contributed by atoms with van der Waals surface area (Å²) in [6.07, 6.45) is 5.98. The lowest BCUT2D eigenvalue weighted by molar-refractivity contribution is 0.502. The van der Waals surface area contributed by atoms with Gasteiger partial charge in [-0.1, -0.05) is 6.42 Å². The average Bonchev–Trinajstić information content (AvgIpc) is 3.12. The number of hydrogen-bond donors (Lipinski definition) is 0. The quantitative estimate of drug-likeness (QED) is 0.785. The number of rotatable bonds is 4. The molecule has 0 aromatic carbocycles. The Hall–Kier alpha value is -0.680. The molecule has 1 aliphatic carbocycles. The van der Waals surface area contributed by atoms with Crippen LogP contribution in [0.1, 0.15) is 56.0 Å². The molecular formula is C15H23ClN4S. The van der Waals surface area contributed by atoms with Crippen LogP contribution in [0.3, 0.4) is 0 Å². The normalized spacial score (nSPS) is 24.0. The standard InChI is InChI=1S/C15H23ClN4S/c1-5-19-15-13(10(3)18-19)17-14(9(2)16)20(15)11-7-6-8-12(11)21-4/h9,11-12H,5-8H2,1-4H3. The summed E-state index contributed by atoms with van der Waals surface area (Å²) in [7, 11) is 0. The fourth-order valence-electron chi connectivity index (χ4n) is 3.51. The number of alkyl halides is 1. The van der Waals surface area contributed by atoms with Crippen molar-refractivity contribution in [3.05, 3.63) is 11.5 Å². The molecule has 3 rings (SSSR count). The highest BCUT2D eigenvalue weighted by molar-refractivity contribution is 7.99. The molecule has 0 radical (unpaired) electrons. The van der Waals surface area contributed by atoms with Gasteiger partial charge < -0.3 is 4.57 Å². The van der Waals surface area contributed by atoms with Crippen molar-refractivity contribution in [3.63, 3.8) is 0 Å². The molecule has 3 atom stereocenters. The van der Waals surface area contributed by atoms with E-state index in [4.69, 9.17) is 16.6 Å². The summed E-state index contributed by atoms with van der Waals surface area (Å²) in [6.45, 7) is 7.05. The summed E-state index contributed by atoms with van der Waals surface area (Å²) in [4.78, 5) is 4.83. The van der Waals surface area contributed by atoms with Gasteiger partial charge in [-0.05, 0) is 39.9 Å². The Morgan fingerprint density at radius 3 is 2.81 bits per heavy atom. The predicted octanol–water partition coefficient (Wildman–Crippen LogP) is 4.32. The second-order valence-corrected chi connectivity index (χ2v) is 7.53. The van der Waals surface area contributed by atoms with Gasteiger partial charge in [-0.25, -0.2) is 9.67 Å². The molecule has 2 aromatic rings. The van der Waals surface area contributed by atoms with E-state index >= 15 is 0 Å². The van der Waals surface area contributed by atoms with E-state index in [0.717, 1.165) is 29.2 Å². The van der Waals surface area contributed by atoms with E-state index in [-0.39, 0.29) is 5.38 Å². The zero-order valence-corrected chi connectivity index (χ0v) is 14.7. The van der Waals surface area contributed by atoms with Crippen LogP contribution in [0.5, 0.6) is 0 Å². The highest BCUT2D eigenvalue weighted by atomic mass is 35.5. The molecule has 116 valence electrons. The number of hydrogen-bond acceptors (Lipinski definition) is 3. The maximum Gasteiger partial charge on any atom is 0.159 e. The Balaban J connectivity index is 2.24. The second kappa shape index (κ2) is 5.84. The number of nitrogens with zero attached hydrogens (tertiary/aromatic N) is 4. The van der Waals surface area contributed by atoms with Crippen LogP contribution in [0.25, 0.3) is 11.2 Å². The van der Waals surface area contributed by atoms with Gasteiger partial charge in [-0.3, -0.25) is 0 Å². The molecule has 0 aliphatic heterocycles. The lowest BCUT2D eigenvalue weighted by atomic mass is 10.2. The SMILES string of the molecule is CCn1nc(C)c2nc(C(C)Cl)n(C3CCCC3SC)c21. The fraction of sp³-hybridized carbons (Fsp3) is 0.733.